The molecular formula is C19H14N4OS2. The van der Waals surface area contributed by atoms with Crippen LogP contribution in [0.5, 0.6) is 5.75 Å². The minimum atomic E-state index is 0.188. The fourth-order valence-corrected chi connectivity index (χ4v) is 5.04. The second-order valence-corrected chi connectivity index (χ2v) is 7.97. The zero-order chi connectivity index (χ0) is 17.5. The molecule has 0 spiro atoms. The SMILES string of the molecule is Oc1ccccc1-c1nc2nc3c(nc2n1-c1ccccc1)SCCS3. The Bertz CT molecular complexity index is 1110. The Morgan fingerprint density at radius 3 is 2.27 bits per heavy atom. The van der Waals surface area contributed by atoms with Crippen molar-refractivity contribution in [3.63, 3.8) is 0 Å². The molecule has 128 valence electrons. The molecule has 5 nitrogen and oxygen atoms in total. The molecule has 2 aromatic heterocycles. The fourth-order valence-electron chi connectivity index (χ4n) is 2.99. The summed E-state index contributed by atoms with van der Waals surface area (Å²) in [6.45, 7) is 0. The average molecular weight is 378 g/mol. The first kappa shape index (κ1) is 15.7. The minimum absolute atomic E-state index is 0.188. The molecule has 0 saturated heterocycles. The van der Waals surface area contributed by atoms with Gasteiger partial charge in [-0.1, -0.05) is 30.3 Å². The van der Waals surface area contributed by atoms with E-state index in [9.17, 15) is 5.11 Å². The Morgan fingerprint density at radius 1 is 0.808 bits per heavy atom. The Hall–Kier alpha value is -2.51. The summed E-state index contributed by atoms with van der Waals surface area (Å²) < 4.78 is 1.97. The maximum atomic E-state index is 10.4. The number of imidazole rings is 1. The van der Waals surface area contributed by atoms with E-state index < -0.39 is 0 Å². The standard InChI is InChI=1S/C19H14N4OS2/c24-14-9-5-4-8-13(14)16-20-15-17(23(16)12-6-2-1-3-7-12)22-19-18(21-15)25-10-11-26-19/h1-9,24H,10-11H2. The first-order valence-corrected chi connectivity index (χ1v) is 10.2. The van der Waals surface area contributed by atoms with Crippen LogP contribution in [-0.4, -0.2) is 36.1 Å². The van der Waals surface area contributed by atoms with E-state index in [1.165, 1.54) is 0 Å². The molecule has 0 atom stereocenters. The number of hydrogen-bond donors (Lipinski definition) is 1. The first-order valence-electron chi connectivity index (χ1n) is 8.21. The molecule has 0 unspecified atom stereocenters. The lowest BCUT2D eigenvalue weighted by molar-refractivity contribution is 0.477. The van der Waals surface area contributed by atoms with Crippen molar-refractivity contribution in [2.45, 2.75) is 10.1 Å². The Labute approximate surface area is 158 Å². The highest BCUT2D eigenvalue weighted by Gasteiger charge is 2.22. The summed E-state index contributed by atoms with van der Waals surface area (Å²) in [4.78, 5) is 14.3. The van der Waals surface area contributed by atoms with Crippen molar-refractivity contribution < 1.29 is 5.11 Å². The van der Waals surface area contributed by atoms with Crippen molar-refractivity contribution in [3.05, 3.63) is 54.6 Å². The van der Waals surface area contributed by atoms with Crippen LogP contribution in [0, 0.1) is 0 Å². The average Bonchev–Trinajstić information content (AvgIpc) is 3.05. The topological polar surface area (TPSA) is 63.8 Å². The summed E-state index contributed by atoms with van der Waals surface area (Å²) >= 11 is 3.45. The molecule has 4 aromatic rings. The van der Waals surface area contributed by atoms with E-state index >= 15 is 0 Å². The molecule has 1 aliphatic heterocycles. The van der Waals surface area contributed by atoms with Crippen LogP contribution in [0.25, 0.3) is 28.4 Å². The largest absolute Gasteiger partial charge is 0.507 e. The zero-order valence-corrected chi connectivity index (χ0v) is 15.3. The Kier molecular flexibility index (Phi) is 3.83. The van der Waals surface area contributed by atoms with Gasteiger partial charge in [-0.05, 0) is 24.3 Å². The number of aromatic hydroxyl groups is 1. The van der Waals surface area contributed by atoms with Crippen LogP contribution < -0.4 is 0 Å². The molecule has 5 rings (SSSR count). The van der Waals surface area contributed by atoms with Crippen LogP contribution in [-0.2, 0) is 0 Å². The lowest BCUT2D eigenvalue weighted by Crippen LogP contribution is -2.03. The van der Waals surface area contributed by atoms with Crippen molar-refractivity contribution >= 4 is 34.8 Å². The van der Waals surface area contributed by atoms with Crippen LogP contribution in [0.15, 0.2) is 64.6 Å². The molecule has 1 N–H and O–H groups in total. The number of para-hydroxylation sites is 2. The Balaban J connectivity index is 1.85. The van der Waals surface area contributed by atoms with Crippen molar-refractivity contribution in [3.8, 4) is 22.8 Å². The highest BCUT2D eigenvalue weighted by molar-refractivity contribution is 8.05. The highest BCUT2D eigenvalue weighted by atomic mass is 32.2. The second kappa shape index (κ2) is 6.34. The number of thioether (sulfide) groups is 2. The lowest BCUT2D eigenvalue weighted by atomic mass is 10.2. The summed E-state index contributed by atoms with van der Waals surface area (Å²) in [6, 6.07) is 17.2. The maximum absolute atomic E-state index is 10.4. The number of phenolic OH excluding ortho intramolecular Hbond substituents is 1. The molecule has 0 bridgehead atoms. The van der Waals surface area contributed by atoms with Crippen LogP contribution in [0.2, 0.25) is 0 Å². The number of benzene rings is 2. The molecule has 3 heterocycles. The molecule has 0 amide bonds. The number of nitrogens with zero attached hydrogens (tertiary/aromatic N) is 4. The van der Waals surface area contributed by atoms with Crippen LogP contribution in [0.3, 0.4) is 0 Å². The van der Waals surface area contributed by atoms with E-state index in [-0.39, 0.29) is 5.75 Å². The van der Waals surface area contributed by atoms with Gasteiger partial charge in [0, 0.05) is 17.2 Å². The number of hydrogen-bond acceptors (Lipinski definition) is 6. The predicted molar refractivity (Wildman–Crippen MR) is 105 cm³/mol. The van der Waals surface area contributed by atoms with Crippen molar-refractivity contribution in [2.75, 3.05) is 11.5 Å². The third-order valence-electron chi connectivity index (χ3n) is 4.15. The van der Waals surface area contributed by atoms with Gasteiger partial charge >= 0.3 is 0 Å². The fraction of sp³-hybridized carbons (Fsp3) is 0.105. The lowest BCUT2D eigenvalue weighted by Gasteiger charge is -2.13. The van der Waals surface area contributed by atoms with Crippen molar-refractivity contribution in [2.24, 2.45) is 0 Å². The van der Waals surface area contributed by atoms with E-state index in [2.05, 4.69) is 0 Å². The van der Waals surface area contributed by atoms with Gasteiger partial charge in [-0.2, -0.15) is 0 Å². The van der Waals surface area contributed by atoms with Gasteiger partial charge in [-0.25, -0.2) is 15.0 Å². The van der Waals surface area contributed by atoms with Gasteiger partial charge in [-0.15, -0.1) is 23.5 Å². The third kappa shape index (κ3) is 2.55. The van der Waals surface area contributed by atoms with Gasteiger partial charge in [0.05, 0.1) is 5.56 Å². The van der Waals surface area contributed by atoms with E-state index in [1.807, 2.05) is 47.0 Å². The molecule has 0 saturated carbocycles. The molecule has 1 aliphatic rings. The molecule has 2 aromatic carbocycles. The van der Waals surface area contributed by atoms with Gasteiger partial charge in [-0.3, -0.25) is 4.57 Å². The zero-order valence-electron chi connectivity index (χ0n) is 13.7. The Morgan fingerprint density at radius 2 is 1.50 bits per heavy atom. The van der Waals surface area contributed by atoms with E-state index in [0.717, 1.165) is 27.2 Å². The van der Waals surface area contributed by atoms with Crippen molar-refractivity contribution in [1.82, 2.24) is 19.5 Å². The molecule has 26 heavy (non-hydrogen) atoms. The summed E-state index contributed by atoms with van der Waals surface area (Å²) in [5, 5.41) is 12.3. The summed E-state index contributed by atoms with van der Waals surface area (Å²) in [7, 11) is 0. The number of phenols is 1. The van der Waals surface area contributed by atoms with E-state index in [1.54, 1.807) is 35.7 Å². The number of rotatable bonds is 2. The molecule has 0 aliphatic carbocycles. The normalized spacial score (nSPS) is 13.7. The molecular weight excluding hydrogens is 364 g/mol. The molecule has 7 heteroatoms. The predicted octanol–water partition coefficient (Wildman–Crippen LogP) is 4.39. The monoisotopic (exact) mass is 378 g/mol. The number of fused-ring (bicyclic) bond motifs is 2. The van der Waals surface area contributed by atoms with Crippen LogP contribution >= 0.6 is 23.5 Å². The van der Waals surface area contributed by atoms with Gasteiger partial charge in [0.2, 0.25) is 0 Å². The number of aromatic nitrogens is 4. The van der Waals surface area contributed by atoms with E-state index in [4.69, 9.17) is 15.0 Å². The smallest absolute Gasteiger partial charge is 0.199 e. The summed E-state index contributed by atoms with van der Waals surface area (Å²) in [5.74, 6) is 2.89. The van der Waals surface area contributed by atoms with Crippen molar-refractivity contribution in [1.29, 1.82) is 0 Å². The minimum Gasteiger partial charge on any atom is -0.507 e. The van der Waals surface area contributed by atoms with E-state index in [0.29, 0.717) is 22.7 Å². The summed E-state index contributed by atoms with van der Waals surface area (Å²) in [6.07, 6.45) is 0. The molecule has 0 fully saturated rings. The van der Waals surface area contributed by atoms with Crippen LogP contribution in [0.4, 0.5) is 0 Å². The highest BCUT2D eigenvalue weighted by Crippen LogP contribution is 2.37. The van der Waals surface area contributed by atoms with Gasteiger partial charge < -0.3 is 5.11 Å². The van der Waals surface area contributed by atoms with Gasteiger partial charge in [0.25, 0.3) is 0 Å². The van der Waals surface area contributed by atoms with Gasteiger partial charge in [0.15, 0.2) is 17.1 Å². The first-order chi connectivity index (χ1) is 12.8. The summed E-state index contributed by atoms with van der Waals surface area (Å²) in [5.41, 5.74) is 2.91. The quantitative estimate of drug-likeness (QED) is 0.558. The third-order valence-corrected chi connectivity index (χ3v) is 6.47. The van der Waals surface area contributed by atoms with Gasteiger partial charge in [0.1, 0.15) is 15.8 Å². The maximum Gasteiger partial charge on any atom is 0.199 e. The molecule has 0 radical (unpaired) electrons. The second-order valence-electron chi connectivity index (χ2n) is 5.80. The van der Waals surface area contributed by atoms with Crippen LogP contribution in [0.1, 0.15) is 0 Å².